The van der Waals surface area contributed by atoms with Crippen LogP contribution in [0.5, 0.6) is 0 Å². The Balaban J connectivity index is 1.36. The quantitative estimate of drug-likeness (QED) is 0.246. The summed E-state index contributed by atoms with van der Waals surface area (Å²) >= 11 is 7.38. The van der Waals surface area contributed by atoms with Crippen LogP contribution in [0.1, 0.15) is 0 Å². The van der Waals surface area contributed by atoms with E-state index in [1.165, 1.54) is 17.4 Å². The Kier molecular flexibility index (Phi) is 8.44. The van der Waals surface area contributed by atoms with Crippen molar-refractivity contribution >= 4 is 45.5 Å². The first-order valence-corrected chi connectivity index (χ1v) is 13.3. The summed E-state index contributed by atoms with van der Waals surface area (Å²) in [5, 5.41) is 10.0. The van der Waals surface area contributed by atoms with Gasteiger partial charge in [-0.2, -0.15) is 0 Å². The number of nitrogens with zero attached hydrogens (tertiary/aromatic N) is 3. The van der Waals surface area contributed by atoms with Crippen LogP contribution in [0.15, 0.2) is 67.0 Å². The zero-order valence-electron chi connectivity index (χ0n) is 20.4. The van der Waals surface area contributed by atoms with Gasteiger partial charge < -0.3 is 20.7 Å². The monoisotopic (exact) mass is 552 g/mol. The minimum Gasteiger partial charge on any atom is -0.379 e. The van der Waals surface area contributed by atoms with Crippen molar-refractivity contribution in [2.45, 2.75) is 0 Å². The van der Waals surface area contributed by atoms with Gasteiger partial charge in [0.25, 0.3) is 0 Å². The summed E-state index contributed by atoms with van der Waals surface area (Å²) in [5.74, 6) is -0.543. The number of ether oxygens (including phenoxy) is 1. The Morgan fingerprint density at radius 3 is 2.55 bits per heavy atom. The van der Waals surface area contributed by atoms with Gasteiger partial charge in [0.2, 0.25) is 0 Å². The highest BCUT2D eigenvalue weighted by molar-refractivity contribution is 7.19. The fourth-order valence-corrected chi connectivity index (χ4v) is 5.16. The van der Waals surface area contributed by atoms with Gasteiger partial charge in [-0.3, -0.25) is 9.88 Å². The van der Waals surface area contributed by atoms with Gasteiger partial charge in [-0.05, 0) is 54.1 Å². The predicted molar refractivity (Wildman–Crippen MR) is 151 cm³/mol. The smallest absolute Gasteiger partial charge is 0.323 e. The Bertz CT molecular complexity index is 1380. The molecule has 0 unspecified atom stereocenters. The number of benzene rings is 2. The van der Waals surface area contributed by atoms with Crippen molar-refractivity contribution in [2.75, 3.05) is 55.3 Å². The van der Waals surface area contributed by atoms with Crippen molar-refractivity contribution in [2.24, 2.45) is 0 Å². The molecule has 0 saturated carbocycles. The average Bonchev–Trinajstić information content (AvgIpc) is 3.36. The van der Waals surface area contributed by atoms with Gasteiger partial charge in [0.05, 0.1) is 29.5 Å². The molecule has 196 valence electrons. The van der Waals surface area contributed by atoms with Gasteiger partial charge in [-0.25, -0.2) is 14.2 Å². The summed E-state index contributed by atoms with van der Waals surface area (Å²) in [6.45, 7) is 4.98. The Morgan fingerprint density at radius 1 is 1.03 bits per heavy atom. The van der Waals surface area contributed by atoms with E-state index in [9.17, 15) is 9.18 Å². The molecule has 3 N–H and O–H groups in total. The lowest BCUT2D eigenvalue weighted by Gasteiger charge is -2.26. The van der Waals surface area contributed by atoms with Crippen LogP contribution < -0.4 is 16.0 Å². The number of halogens is 2. The summed E-state index contributed by atoms with van der Waals surface area (Å²) in [7, 11) is 0. The molecule has 0 spiro atoms. The van der Waals surface area contributed by atoms with Gasteiger partial charge in [-0.15, -0.1) is 0 Å². The van der Waals surface area contributed by atoms with E-state index in [0.717, 1.165) is 66.2 Å². The molecule has 0 atom stereocenters. The highest BCUT2D eigenvalue weighted by atomic mass is 35.5. The maximum absolute atomic E-state index is 14.7. The summed E-state index contributed by atoms with van der Waals surface area (Å²) < 4.78 is 20.1. The first-order valence-electron chi connectivity index (χ1n) is 12.1. The molecule has 38 heavy (non-hydrogen) atoms. The van der Waals surface area contributed by atoms with E-state index in [-0.39, 0.29) is 5.69 Å². The number of amides is 2. The molecule has 5 rings (SSSR count). The molecule has 1 aliphatic rings. The summed E-state index contributed by atoms with van der Waals surface area (Å²) in [5.41, 5.74) is 2.99. The molecule has 11 heteroatoms. The maximum Gasteiger partial charge on any atom is 0.323 e. The first-order chi connectivity index (χ1) is 18.5. The summed E-state index contributed by atoms with van der Waals surface area (Å²) in [6, 6.07) is 14.5. The maximum atomic E-state index is 14.7. The van der Waals surface area contributed by atoms with Crippen molar-refractivity contribution in [3.05, 3.63) is 77.8 Å². The lowest BCUT2D eigenvalue weighted by Crippen LogP contribution is -2.38. The van der Waals surface area contributed by atoms with Crippen LogP contribution in [0, 0.1) is 5.82 Å². The van der Waals surface area contributed by atoms with E-state index in [1.807, 2.05) is 12.1 Å². The SMILES string of the molecule is O=C(Nc1ccc(Cl)cc1)Nc1cc(-c2sc(NCCN3CCOCC3)nc2-c2ccncc2)ccc1F. The lowest BCUT2D eigenvalue weighted by atomic mass is 10.1. The second kappa shape index (κ2) is 12.3. The van der Waals surface area contributed by atoms with Gasteiger partial charge in [-0.1, -0.05) is 29.0 Å². The number of anilines is 3. The predicted octanol–water partition coefficient (Wildman–Crippen LogP) is 6.05. The number of carbonyl (C=O) groups excluding carboxylic acids is 1. The molecule has 1 fully saturated rings. The first kappa shape index (κ1) is 26.1. The number of urea groups is 1. The second-order valence-electron chi connectivity index (χ2n) is 8.59. The minimum atomic E-state index is -0.562. The normalized spacial score (nSPS) is 13.7. The largest absolute Gasteiger partial charge is 0.379 e. The van der Waals surface area contributed by atoms with E-state index >= 15 is 0 Å². The van der Waals surface area contributed by atoms with E-state index in [0.29, 0.717) is 10.7 Å². The van der Waals surface area contributed by atoms with Crippen LogP contribution in [-0.4, -0.2) is 60.3 Å². The van der Waals surface area contributed by atoms with E-state index < -0.39 is 11.8 Å². The Labute approximate surface area is 228 Å². The Morgan fingerprint density at radius 2 is 1.79 bits per heavy atom. The number of morpholine rings is 1. The van der Waals surface area contributed by atoms with Crippen LogP contribution in [-0.2, 0) is 4.74 Å². The average molecular weight is 553 g/mol. The topological polar surface area (TPSA) is 91.4 Å². The number of thiazole rings is 1. The third-order valence-electron chi connectivity index (χ3n) is 5.97. The third kappa shape index (κ3) is 6.65. The van der Waals surface area contributed by atoms with Crippen molar-refractivity contribution in [3.63, 3.8) is 0 Å². The molecular weight excluding hydrogens is 527 g/mol. The molecule has 2 aromatic heterocycles. The van der Waals surface area contributed by atoms with E-state index in [2.05, 4.69) is 25.8 Å². The van der Waals surface area contributed by atoms with Crippen molar-refractivity contribution in [3.8, 4) is 21.7 Å². The number of pyridine rings is 1. The molecule has 1 saturated heterocycles. The standard InChI is InChI=1S/C27H26ClFN6O2S/c28-20-2-4-21(5-3-20)32-26(36)33-23-17-19(1-6-22(23)29)25-24(18-7-9-30-10-8-18)34-27(38-25)31-11-12-35-13-15-37-16-14-35/h1-10,17H,11-16H2,(H,31,34)(H2,32,33,36). The highest BCUT2D eigenvalue weighted by Crippen LogP contribution is 2.40. The molecule has 3 heterocycles. The molecule has 2 aromatic carbocycles. The van der Waals surface area contributed by atoms with Gasteiger partial charge >= 0.3 is 6.03 Å². The number of aromatic nitrogens is 2. The Hall–Kier alpha value is -3.57. The van der Waals surface area contributed by atoms with E-state index in [4.69, 9.17) is 21.3 Å². The summed E-state index contributed by atoms with van der Waals surface area (Å²) in [6.07, 6.45) is 3.42. The molecule has 0 radical (unpaired) electrons. The van der Waals surface area contributed by atoms with Crippen LogP contribution in [0.25, 0.3) is 21.7 Å². The number of rotatable bonds is 8. The number of hydrogen-bond acceptors (Lipinski definition) is 7. The zero-order chi connectivity index (χ0) is 26.3. The summed E-state index contributed by atoms with van der Waals surface area (Å²) in [4.78, 5) is 24.7. The minimum absolute atomic E-state index is 0.0601. The highest BCUT2D eigenvalue weighted by Gasteiger charge is 2.18. The molecule has 4 aromatic rings. The molecule has 0 aliphatic carbocycles. The molecule has 1 aliphatic heterocycles. The van der Waals surface area contributed by atoms with Crippen molar-refractivity contribution in [1.29, 1.82) is 0 Å². The molecule has 0 bridgehead atoms. The fraction of sp³-hybridized carbons (Fsp3) is 0.222. The lowest BCUT2D eigenvalue weighted by molar-refractivity contribution is 0.0398. The van der Waals surface area contributed by atoms with Crippen LogP contribution in [0.2, 0.25) is 5.02 Å². The molecule has 8 nitrogen and oxygen atoms in total. The molecular formula is C27H26ClFN6O2S. The second-order valence-corrected chi connectivity index (χ2v) is 10.0. The van der Waals surface area contributed by atoms with Gasteiger partial charge in [0.15, 0.2) is 5.13 Å². The van der Waals surface area contributed by atoms with Crippen LogP contribution >= 0.6 is 22.9 Å². The van der Waals surface area contributed by atoms with Crippen molar-refractivity contribution < 1.29 is 13.9 Å². The van der Waals surface area contributed by atoms with Gasteiger partial charge in [0, 0.05) is 54.8 Å². The van der Waals surface area contributed by atoms with Crippen LogP contribution in [0.4, 0.5) is 25.7 Å². The van der Waals surface area contributed by atoms with Gasteiger partial charge in [0.1, 0.15) is 5.82 Å². The molecule has 2 amide bonds. The number of hydrogen-bond donors (Lipinski definition) is 3. The fourth-order valence-electron chi connectivity index (χ4n) is 4.02. The number of nitrogens with one attached hydrogen (secondary N) is 3. The van der Waals surface area contributed by atoms with Crippen molar-refractivity contribution in [1.82, 2.24) is 14.9 Å². The number of carbonyl (C=O) groups is 1. The van der Waals surface area contributed by atoms with Crippen LogP contribution in [0.3, 0.4) is 0 Å². The van der Waals surface area contributed by atoms with E-state index in [1.54, 1.807) is 48.8 Å². The zero-order valence-corrected chi connectivity index (χ0v) is 22.0. The third-order valence-corrected chi connectivity index (χ3v) is 7.28.